The highest BCUT2D eigenvalue weighted by atomic mass is 16.8. The van der Waals surface area contributed by atoms with E-state index in [0.29, 0.717) is 5.56 Å². The largest absolute Gasteiger partial charge is 0.435 e. The number of hydrogen-bond acceptors (Lipinski definition) is 4. The zero-order chi connectivity index (χ0) is 12.7. The molecule has 1 unspecified atom stereocenters. The number of rotatable bonds is 6. The molecule has 0 saturated carbocycles. The van der Waals surface area contributed by atoms with Crippen molar-refractivity contribution in [1.29, 1.82) is 0 Å². The first-order chi connectivity index (χ1) is 8.17. The summed E-state index contributed by atoms with van der Waals surface area (Å²) < 4.78 is 14.8. The van der Waals surface area contributed by atoms with E-state index < -0.39 is 12.3 Å². The van der Waals surface area contributed by atoms with Crippen molar-refractivity contribution in [3.63, 3.8) is 0 Å². The lowest BCUT2D eigenvalue weighted by Crippen LogP contribution is -2.15. The molecule has 1 rings (SSSR count). The molecule has 4 nitrogen and oxygen atoms in total. The normalized spacial score (nSPS) is 11.9. The molecule has 17 heavy (non-hydrogen) atoms. The fraction of sp³-hybridized carbons (Fsp3) is 0.308. The number of benzene rings is 1. The fourth-order valence-corrected chi connectivity index (χ4v) is 1.09. The van der Waals surface area contributed by atoms with Gasteiger partial charge in [0.05, 0.1) is 5.56 Å². The summed E-state index contributed by atoms with van der Waals surface area (Å²) in [5.74, 6) is -0.427. The summed E-state index contributed by atoms with van der Waals surface area (Å²) >= 11 is 0. The Labute approximate surface area is 101 Å². The van der Waals surface area contributed by atoms with Gasteiger partial charge in [-0.05, 0) is 24.6 Å². The van der Waals surface area contributed by atoms with Gasteiger partial charge in [-0.25, -0.2) is 4.79 Å². The smallest absolute Gasteiger partial charge is 0.340 e. The molecule has 0 spiro atoms. The third-order valence-electron chi connectivity index (χ3n) is 2.21. The van der Waals surface area contributed by atoms with E-state index in [2.05, 4.69) is 6.58 Å². The summed E-state index contributed by atoms with van der Waals surface area (Å²) in [4.78, 5) is 11.5. The SMILES string of the molecule is C=Cc1ccc(C(=O)OCOC(C)OC)cc1. The van der Waals surface area contributed by atoms with Crippen molar-refractivity contribution in [2.75, 3.05) is 13.9 Å². The van der Waals surface area contributed by atoms with Crippen LogP contribution >= 0.6 is 0 Å². The Bertz CT molecular complexity index is 370. The van der Waals surface area contributed by atoms with Crippen LogP contribution in [0.3, 0.4) is 0 Å². The van der Waals surface area contributed by atoms with Crippen LogP contribution in [0.25, 0.3) is 6.08 Å². The molecule has 1 aromatic rings. The summed E-state index contributed by atoms with van der Waals surface area (Å²) in [5.41, 5.74) is 1.43. The van der Waals surface area contributed by atoms with Gasteiger partial charge in [0.1, 0.15) is 0 Å². The van der Waals surface area contributed by atoms with Crippen LogP contribution in [0.15, 0.2) is 30.8 Å². The first kappa shape index (κ1) is 13.4. The summed E-state index contributed by atoms with van der Waals surface area (Å²) in [7, 11) is 1.51. The number of carbonyl (C=O) groups excluding carboxylic acids is 1. The predicted octanol–water partition coefficient (Wildman–Crippen LogP) is 2.45. The average molecular weight is 236 g/mol. The van der Waals surface area contributed by atoms with Gasteiger partial charge in [-0.1, -0.05) is 24.8 Å². The fourth-order valence-electron chi connectivity index (χ4n) is 1.09. The zero-order valence-corrected chi connectivity index (χ0v) is 10.0. The van der Waals surface area contributed by atoms with Crippen molar-refractivity contribution in [2.24, 2.45) is 0 Å². The Kier molecular flexibility index (Phi) is 5.39. The maximum atomic E-state index is 11.5. The van der Waals surface area contributed by atoms with Crippen molar-refractivity contribution in [3.8, 4) is 0 Å². The maximum absolute atomic E-state index is 11.5. The van der Waals surface area contributed by atoms with E-state index in [1.165, 1.54) is 7.11 Å². The first-order valence-corrected chi connectivity index (χ1v) is 5.21. The van der Waals surface area contributed by atoms with Gasteiger partial charge in [0.25, 0.3) is 0 Å². The van der Waals surface area contributed by atoms with E-state index in [0.717, 1.165) is 5.56 Å². The minimum Gasteiger partial charge on any atom is -0.435 e. The number of hydrogen-bond donors (Lipinski definition) is 0. The van der Waals surface area contributed by atoms with Gasteiger partial charge >= 0.3 is 5.97 Å². The van der Waals surface area contributed by atoms with Crippen molar-refractivity contribution in [3.05, 3.63) is 42.0 Å². The Balaban J connectivity index is 2.44. The van der Waals surface area contributed by atoms with Gasteiger partial charge in [0.15, 0.2) is 13.1 Å². The molecule has 0 aliphatic rings. The molecule has 0 amide bonds. The summed E-state index contributed by atoms with van der Waals surface area (Å²) in [6, 6.07) is 6.95. The zero-order valence-electron chi connectivity index (χ0n) is 10.0. The highest BCUT2D eigenvalue weighted by Gasteiger charge is 2.07. The molecule has 92 valence electrons. The van der Waals surface area contributed by atoms with E-state index in [1.54, 1.807) is 37.3 Å². The minimum absolute atomic E-state index is 0.128. The Hall–Kier alpha value is -1.65. The molecule has 0 aliphatic carbocycles. The van der Waals surface area contributed by atoms with Crippen molar-refractivity contribution >= 4 is 12.0 Å². The third kappa shape index (κ3) is 4.38. The molecule has 0 aliphatic heterocycles. The lowest BCUT2D eigenvalue weighted by molar-refractivity contribution is -0.158. The lowest BCUT2D eigenvalue weighted by Gasteiger charge is -2.11. The standard InChI is InChI=1S/C13H16O4/c1-4-11-5-7-12(8-6-11)13(14)17-9-16-10(2)15-3/h4-8,10H,1,9H2,2-3H3. The first-order valence-electron chi connectivity index (χ1n) is 5.21. The second kappa shape index (κ2) is 6.83. The summed E-state index contributed by atoms with van der Waals surface area (Å²) in [5, 5.41) is 0. The molecule has 4 heteroatoms. The van der Waals surface area contributed by atoms with Crippen LogP contribution < -0.4 is 0 Å². The van der Waals surface area contributed by atoms with E-state index in [4.69, 9.17) is 14.2 Å². The molecule has 0 heterocycles. The third-order valence-corrected chi connectivity index (χ3v) is 2.21. The second-order valence-electron chi connectivity index (χ2n) is 3.35. The van der Waals surface area contributed by atoms with Crippen LogP contribution in [0.5, 0.6) is 0 Å². The Morgan fingerprint density at radius 1 is 1.41 bits per heavy atom. The van der Waals surface area contributed by atoms with Crippen LogP contribution in [0.1, 0.15) is 22.8 Å². The van der Waals surface area contributed by atoms with Gasteiger partial charge in [-0.3, -0.25) is 0 Å². The summed E-state index contributed by atoms with van der Waals surface area (Å²) in [6.07, 6.45) is 1.31. The van der Waals surface area contributed by atoms with Gasteiger partial charge in [0, 0.05) is 7.11 Å². The minimum atomic E-state index is -0.427. The van der Waals surface area contributed by atoms with Gasteiger partial charge in [-0.15, -0.1) is 0 Å². The highest BCUT2D eigenvalue weighted by Crippen LogP contribution is 2.07. The van der Waals surface area contributed by atoms with Crippen LogP contribution in [-0.4, -0.2) is 26.2 Å². The van der Waals surface area contributed by atoms with Crippen LogP contribution in [0.4, 0.5) is 0 Å². The van der Waals surface area contributed by atoms with Crippen LogP contribution in [-0.2, 0) is 14.2 Å². The molecule has 0 aromatic heterocycles. The molecule has 0 saturated heterocycles. The lowest BCUT2D eigenvalue weighted by atomic mass is 10.1. The monoisotopic (exact) mass is 236 g/mol. The average Bonchev–Trinajstić information content (AvgIpc) is 2.38. The molecular weight excluding hydrogens is 220 g/mol. The quantitative estimate of drug-likeness (QED) is 0.562. The van der Waals surface area contributed by atoms with Crippen LogP contribution in [0.2, 0.25) is 0 Å². The van der Waals surface area contributed by atoms with Crippen LogP contribution in [0, 0.1) is 0 Å². The predicted molar refractivity (Wildman–Crippen MR) is 64.4 cm³/mol. The Morgan fingerprint density at radius 2 is 2.06 bits per heavy atom. The maximum Gasteiger partial charge on any atom is 0.340 e. The number of carbonyl (C=O) groups is 1. The van der Waals surface area contributed by atoms with Gasteiger partial charge < -0.3 is 14.2 Å². The van der Waals surface area contributed by atoms with Gasteiger partial charge in [0.2, 0.25) is 0 Å². The number of methoxy groups -OCH3 is 1. The number of esters is 1. The molecule has 0 fully saturated rings. The van der Waals surface area contributed by atoms with E-state index in [1.807, 2.05) is 0 Å². The molecule has 0 bridgehead atoms. The van der Waals surface area contributed by atoms with Gasteiger partial charge in [-0.2, -0.15) is 0 Å². The molecule has 1 atom stereocenters. The Morgan fingerprint density at radius 3 is 2.59 bits per heavy atom. The summed E-state index contributed by atoms with van der Waals surface area (Å²) in [6.45, 7) is 5.22. The van der Waals surface area contributed by atoms with Crippen molar-refractivity contribution in [2.45, 2.75) is 13.2 Å². The van der Waals surface area contributed by atoms with Crippen molar-refractivity contribution < 1.29 is 19.0 Å². The van der Waals surface area contributed by atoms with E-state index in [9.17, 15) is 4.79 Å². The van der Waals surface area contributed by atoms with E-state index in [-0.39, 0.29) is 6.79 Å². The second-order valence-corrected chi connectivity index (χ2v) is 3.35. The molecule has 0 radical (unpaired) electrons. The number of ether oxygens (including phenoxy) is 3. The molecule has 0 N–H and O–H groups in total. The highest BCUT2D eigenvalue weighted by molar-refractivity contribution is 5.89. The van der Waals surface area contributed by atoms with E-state index >= 15 is 0 Å². The topological polar surface area (TPSA) is 44.8 Å². The molecule has 1 aromatic carbocycles. The molecular formula is C13H16O4. The van der Waals surface area contributed by atoms with Crippen molar-refractivity contribution in [1.82, 2.24) is 0 Å².